The highest BCUT2D eigenvalue weighted by Gasteiger charge is 2.54. The fraction of sp³-hybridized carbons (Fsp3) is 0.941. The number of hydrogen-bond acceptors (Lipinski definition) is 12. The Morgan fingerprint density at radius 3 is 2.03 bits per heavy atom. The van der Waals surface area contributed by atoms with Gasteiger partial charge >= 0.3 is 10.4 Å². The van der Waals surface area contributed by atoms with Crippen LogP contribution in [0.1, 0.15) is 51.4 Å². The van der Waals surface area contributed by atoms with Gasteiger partial charge in [-0.25, -0.2) is 12.7 Å². The number of aliphatic hydroxyl groups excluding tert-OH is 4. The van der Waals surface area contributed by atoms with E-state index in [0.717, 1.165) is 25.7 Å². The number of thiol groups is 1. The van der Waals surface area contributed by atoms with Gasteiger partial charge in [0.25, 0.3) is 0 Å². The van der Waals surface area contributed by atoms with Gasteiger partial charge < -0.3 is 25.2 Å². The standard InChI is InChI=1S/C17H33NO11S3/c1-31(23,24)10-8-6-4-2-3-5-7-9-13(18-29-32(25,26)27)17(30)16(22)15(21)14(20)12(11-19)28-17/h12,14-16,19-22,30H,2-11H2,1H3,(H,25,26,27)/b18-13+/t12-,14-,15+,16-,17+/m1/s1. The predicted molar refractivity (Wildman–Crippen MR) is 118 cm³/mol. The lowest BCUT2D eigenvalue weighted by Gasteiger charge is -2.46. The second-order valence-corrected chi connectivity index (χ2v) is 11.8. The first-order valence-corrected chi connectivity index (χ1v) is 14.0. The average Bonchev–Trinajstić information content (AvgIpc) is 2.68. The molecule has 1 fully saturated rings. The summed E-state index contributed by atoms with van der Waals surface area (Å²) in [5.74, 6) is 0.155. The molecule has 190 valence electrons. The molecule has 0 aromatic heterocycles. The molecule has 5 atom stereocenters. The van der Waals surface area contributed by atoms with E-state index < -0.39 is 56.2 Å². The summed E-state index contributed by atoms with van der Waals surface area (Å²) in [7, 11) is -7.93. The van der Waals surface area contributed by atoms with Gasteiger partial charge in [0.1, 0.15) is 40.0 Å². The Hall–Kier alpha value is -0.520. The Labute approximate surface area is 193 Å². The Balaban J connectivity index is 2.70. The first kappa shape index (κ1) is 29.5. The number of rotatable bonds is 14. The first-order valence-electron chi connectivity index (χ1n) is 10.2. The summed E-state index contributed by atoms with van der Waals surface area (Å²) in [4.78, 5) is -2.09. The zero-order chi connectivity index (χ0) is 24.6. The second kappa shape index (κ2) is 12.8. The van der Waals surface area contributed by atoms with Crippen molar-refractivity contribution in [3.05, 3.63) is 0 Å². The Morgan fingerprint density at radius 1 is 1.00 bits per heavy atom. The van der Waals surface area contributed by atoms with E-state index in [1.54, 1.807) is 0 Å². The quantitative estimate of drug-likeness (QED) is 0.0560. The van der Waals surface area contributed by atoms with Gasteiger partial charge in [-0.1, -0.05) is 37.3 Å². The maximum atomic E-state index is 11.1. The fourth-order valence-corrected chi connectivity index (χ4v) is 4.67. The van der Waals surface area contributed by atoms with Gasteiger partial charge in [-0.15, -0.1) is 12.6 Å². The van der Waals surface area contributed by atoms with E-state index in [-0.39, 0.29) is 17.9 Å². The molecule has 0 radical (unpaired) electrons. The second-order valence-electron chi connectivity index (χ2n) is 7.86. The maximum absolute atomic E-state index is 11.1. The SMILES string of the molecule is CS(=O)(=O)CCCCCCCCC/C(=N\OS(=O)(=O)O)[C@@]1(S)O[C@H](CO)[C@@H](O)[C@H](O)[C@H]1O. The summed E-state index contributed by atoms with van der Waals surface area (Å²) in [5.41, 5.74) is -0.261. The molecule has 0 aromatic carbocycles. The van der Waals surface area contributed by atoms with Gasteiger partial charge in [-0.05, 0) is 19.3 Å². The van der Waals surface area contributed by atoms with Crippen LogP contribution in [0.3, 0.4) is 0 Å². The maximum Gasteiger partial charge on any atom is 0.466 e. The van der Waals surface area contributed by atoms with E-state index >= 15 is 0 Å². The van der Waals surface area contributed by atoms with Crippen LogP contribution < -0.4 is 0 Å². The molecule has 1 aliphatic rings. The molecule has 32 heavy (non-hydrogen) atoms. The first-order chi connectivity index (χ1) is 14.7. The fourth-order valence-electron chi connectivity index (χ4n) is 3.32. The van der Waals surface area contributed by atoms with Crippen LogP contribution >= 0.6 is 12.6 Å². The van der Waals surface area contributed by atoms with Crippen LogP contribution in [0.15, 0.2) is 5.16 Å². The monoisotopic (exact) mass is 523 g/mol. The van der Waals surface area contributed by atoms with Gasteiger partial charge in [-0.3, -0.25) is 4.55 Å². The van der Waals surface area contributed by atoms with Gasteiger partial charge in [0.05, 0.1) is 6.61 Å². The van der Waals surface area contributed by atoms with Crippen molar-refractivity contribution in [3.8, 4) is 0 Å². The predicted octanol–water partition coefficient (Wildman–Crippen LogP) is -0.573. The Bertz CT molecular complexity index is 816. The molecule has 1 rings (SSSR count). The summed E-state index contributed by atoms with van der Waals surface area (Å²) >= 11 is 4.20. The highest BCUT2D eigenvalue weighted by atomic mass is 32.3. The molecule has 0 spiro atoms. The van der Waals surface area contributed by atoms with Crippen molar-refractivity contribution >= 4 is 38.6 Å². The average molecular weight is 524 g/mol. The van der Waals surface area contributed by atoms with Crippen LogP contribution in [0, 0.1) is 0 Å². The van der Waals surface area contributed by atoms with Crippen molar-refractivity contribution in [1.82, 2.24) is 0 Å². The lowest BCUT2D eigenvalue weighted by Crippen LogP contribution is -2.65. The molecular weight excluding hydrogens is 490 g/mol. The molecule has 15 heteroatoms. The number of hydrogen-bond donors (Lipinski definition) is 6. The molecule has 0 aromatic rings. The molecule has 0 aliphatic carbocycles. The van der Waals surface area contributed by atoms with Crippen molar-refractivity contribution < 1.29 is 50.8 Å². The van der Waals surface area contributed by atoms with E-state index in [4.69, 9.17) is 9.29 Å². The van der Waals surface area contributed by atoms with Crippen LogP contribution in [-0.4, -0.2) is 95.5 Å². The minimum absolute atomic E-state index is 0.00508. The van der Waals surface area contributed by atoms with Crippen LogP contribution in [0.4, 0.5) is 0 Å². The van der Waals surface area contributed by atoms with Crippen molar-refractivity contribution in [2.75, 3.05) is 18.6 Å². The molecule has 0 unspecified atom stereocenters. The molecule has 5 N–H and O–H groups in total. The Kier molecular flexibility index (Phi) is 11.8. The summed E-state index contributed by atoms with van der Waals surface area (Å²) in [5, 5.41) is 43.1. The lowest BCUT2D eigenvalue weighted by molar-refractivity contribution is -0.222. The third-order valence-corrected chi connectivity index (χ3v) is 6.97. The largest absolute Gasteiger partial charge is 0.466 e. The molecule has 1 aliphatic heterocycles. The highest BCUT2D eigenvalue weighted by molar-refractivity contribution is 7.90. The molecule has 12 nitrogen and oxygen atoms in total. The smallest absolute Gasteiger partial charge is 0.394 e. The Morgan fingerprint density at radius 2 is 1.53 bits per heavy atom. The van der Waals surface area contributed by atoms with Crippen molar-refractivity contribution in [2.45, 2.75) is 80.7 Å². The molecule has 0 saturated carbocycles. The number of oxime groups is 1. The molecule has 0 bridgehead atoms. The molecule has 1 saturated heterocycles. The van der Waals surface area contributed by atoms with E-state index in [9.17, 15) is 37.3 Å². The summed E-state index contributed by atoms with van der Waals surface area (Å²) in [6.45, 7) is -0.723. The minimum Gasteiger partial charge on any atom is -0.394 e. The van der Waals surface area contributed by atoms with E-state index in [2.05, 4.69) is 22.1 Å². The zero-order valence-corrected chi connectivity index (χ0v) is 20.3. The van der Waals surface area contributed by atoms with Crippen LogP contribution in [0.25, 0.3) is 0 Å². The van der Waals surface area contributed by atoms with Crippen LogP contribution in [0.2, 0.25) is 0 Å². The summed E-state index contributed by atoms with van der Waals surface area (Å²) in [6, 6.07) is 0. The molecular formula is C17H33NO11S3. The van der Waals surface area contributed by atoms with Crippen molar-refractivity contribution in [1.29, 1.82) is 0 Å². The van der Waals surface area contributed by atoms with Gasteiger partial charge in [-0.2, -0.15) is 8.42 Å². The van der Waals surface area contributed by atoms with Crippen molar-refractivity contribution in [2.24, 2.45) is 5.16 Å². The minimum atomic E-state index is -4.97. The van der Waals surface area contributed by atoms with Gasteiger partial charge in [0, 0.05) is 12.0 Å². The zero-order valence-electron chi connectivity index (χ0n) is 17.8. The van der Waals surface area contributed by atoms with Crippen LogP contribution in [-0.2, 0) is 29.3 Å². The number of sulfone groups is 1. The number of ether oxygens (including phenoxy) is 1. The highest BCUT2D eigenvalue weighted by Crippen LogP contribution is 2.36. The van der Waals surface area contributed by atoms with Gasteiger partial charge in [0.15, 0.2) is 4.93 Å². The topological polar surface area (TPSA) is 200 Å². The number of unbranched alkanes of at least 4 members (excludes halogenated alkanes) is 6. The molecule has 1 heterocycles. The van der Waals surface area contributed by atoms with E-state index in [1.165, 1.54) is 6.26 Å². The lowest BCUT2D eigenvalue weighted by atomic mass is 9.90. The summed E-state index contributed by atoms with van der Waals surface area (Å²) in [6.07, 6.45) is -0.433. The van der Waals surface area contributed by atoms with Crippen LogP contribution in [0.5, 0.6) is 0 Å². The van der Waals surface area contributed by atoms with E-state index in [1.807, 2.05) is 0 Å². The number of aliphatic hydroxyl groups is 4. The number of nitrogens with zero attached hydrogens (tertiary/aromatic N) is 1. The third kappa shape index (κ3) is 9.77. The summed E-state index contributed by atoms with van der Waals surface area (Å²) < 4.78 is 62.3. The third-order valence-electron chi connectivity index (χ3n) is 5.05. The van der Waals surface area contributed by atoms with E-state index in [0.29, 0.717) is 19.3 Å². The molecule has 0 amide bonds. The van der Waals surface area contributed by atoms with Crippen molar-refractivity contribution in [3.63, 3.8) is 0 Å². The van der Waals surface area contributed by atoms with Gasteiger partial charge in [0.2, 0.25) is 0 Å². The normalized spacial score (nSPS) is 29.8.